The maximum absolute atomic E-state index is 10.5. The first-order valence-electron chi connectivity index (χ1n) is 10.3. The van der Waals surface area contributed by atoms with E-state index in [0.717, 1.165) is 30.4 Å². The van der Waals surface area contributed by atoms with E-state index in [-0.39, 0.29) is 11.3 Å². The van der Waals surface area contributed by atoms with E-state index in [9.17, 15) is 5.11 Å². The third kappa shape index (κ3) is 5.88. The number of ether oxygens (including phenoxy) is 1. The van der Waals surface area contributed by atoms with Gasteiger partial charge in [0.2, 0.25) is 5.88 Å². The van der Waals surface area contributed by atoms with Gasteiger partial charge >= 0.3 is 0 Å². The minimum Gasteiger partial charge on any atom is -0.507 e. The van der Waals surface area contributed by atoms with E-state index in [0.29, 0.717) is 28.7 Å². The molecule has 31 heavy (non-hydrogen) atoms. The van der Waals surface area contributed by atoms with Crippen molar-refractivity contribution in [2.75, 3.05) is 20.2 Å². The Morgan fingerprint density at radius 3 is 2.84 bits per heavy atom. The van der Waals surface area contributed by atoms with Gasteiger partial charge in [0.15, 0.2) is 0 Å². The van der Waals surface area contributed by atoms with E-state index in [1.165, 1.54) is 6.34 Å². The molecule has 2 aliphatic rings. The molecule has 1 unspecified atom stereocenters. The van der Waals surface area contributed by atoms with Crippen LogP contribution in [0.15, 0.2) is 47.3 Å². The molecule has 0 bridgehead atoms. The fraction of sp³-hybridized carbons (Fsp3) is 0.391. The summed E-state index contributed by atoms with van der Waals surface area (Å²) in [5.74, 6) is 0.952. The number of aliphatic imine (C=N–C) groups is 1. The van der Waals surface area contributed by atoms with Gasteiger partial charge in [-0.1, -0.05) is 6.07 Å². The predicted molar refractivity (Wildman–Crippen MR) is 125 cm³/mol. The van der Waals surface area contributed by atoms with Crippen LogP contribution in [0.5, 0.6) is 5.75 Å². The van der Waals surface area contributed by atoms with Crippen molar-refractivity contribution in [2.45, 2.75) is 38.8 Å². The zero-order valence-corrected chi connectivity index (χ0v) is 18.6. The highest BCUT2D eigenvalue weighted by Gasteiger charge is 2.26. The lowest BCUT2D eigenvalue weighted by Crippen LogP contribution is -2.45. The van der Waals surface area contributed by atoms with Crippen LogP contribution in [0.2, 0.25) is 0 Å². The molecule has 0 spiro atoms. The first-order chi connectivity index (χ1) is 14.7. The second-order valence-corrected chi connectivity index (χ2v) is 8.73. The van der Waals surface area contributed by atoms with Crippen LogP contribution in [0, 0.1) is 5.41 Å². The fourth-order valence-electron chi connectivity index (χ4n) is 3.66. The Balaban J connectivity index is 1.75. The van der Waals surface area contributed by atoms with Crippen molar-refractivity contribution in [3.8, 4) is 5.75 Å². The molecule has 2 heterocycles. The number of phenolic OH excluding ortho intramolecular Hbond substituents is 1. The summed E-state index contributed by atoms with van der Waals surface area (Å²) in [5.41, 5.74) is 7.41. The number of benzene rings is 1. The standard InChI is InChI=1S/C23H32N6O2/c1-23(2,3)28-16-9-10-29(13-16)21(25)8-7-18(24)17-6-5-15(11-20(17)30)19-12-22(31-4)27-14-26-19/h5-8,11-12,14,16,25,28,30H,9-10,13,24H2,1-4H3,(H,26,27). The normalized spacial score (nSPS) is 21.7. The van der Waals surface area contributed by atoms with E-state index in [4.69, 9.17) is 15.9 Å². The molecule has 3 rings (SSSR count). The monoisotopic (exact) mass is 424 g/mol. The van der Waals surface area contributed by atoms with Gasteiger partial charge in [0, 0.05) is 46.9 Å². The van der Waals surface area contributed by atoms with Crippen LogP contribution in [-0.4, -0.2) is 54.0 Å². The molecule has 0 amide bonds. The Kier molecular flexibility index (Phi) is 6.70. The van der Waals surface area contributed by atoms with Crippen molar-refractivity contribution < 1.29 is 9.84 Å². The summed E-state index contributed by atoms with van der Waals surface area (Å²) in [6.07, 6.45) is 7.65. The maximum Gasteiger partial charge on any atom is 0.216 e. The number of methoxy groups -OCH3 is 1. The van der Waals surface area contributed by atoms with Gasteiger partial charge in [-0.3, -0.25) is 5.41 Å². The molecule has 8 nitrogen and oxygen atoms in total. The molecule has 1 aromatic rings. The molecule has 2 aliphatic heterocycles. The largest absolute Gasteiger partial charge is 0.507 e. The lowest BCUT2D eigenvalue weighted by atomic mass is 10.1. The number of nitrogens with two attached hydrogens (primary N) is 1. The zero-order valence-electron chi connectivity index (χ0n) is 18.6. The average Bonchev–Trinajstić information content (AvgIpc) is 3.18. The van der Waals surface area contributed by atoms with Crippen LogP contribution < -0.4 is 26.8 Å². The summed E-state index contributed by atoms with van der Waals surface area (Å²) < 4.78 is 5.14. The number of rotatable bonds is 4. The van der Waals surface area contributed by atoms with Crippen molar-refractivity contribution in [3.05, 3.63) is 52.7 Å². The fourth-order valence-corrected chi connectivity index (χ4v) is 3.66. The predicted octanol–water partition coefficient (Wildman–Crippen LogP) is 0.682. The summed E-state index contributed by atoms with van der Waals surface area (Å²) in [7, 11) is 1.55. The number of nitrogens with one attached hydrogen (secondary N) is 3. The molecule has 0 aromatic heterocycles. The van der Waals surface area contributed by atoms with Crippen LogP contribution in [0.1, 0.15) is 27.2 Å². The Morgan fingerprint density at radius 2 is 2.16 bits per heavy atom. The molecule has 8 heteroatoms. The third-order valence-electron chi connectivity index (χ3n) is 5.10. The van der Waals surface area contributed by atoms with Crippen molar-refractivity contribution in [3.63, 3.8) is 0 Å². The van der Waals surface area contributed by atoms with Gasteiger partial charge < -0.3 is 31.1 Å². The molecular formula is C23H32N6O2. The highest BCUT2D eigenvalue weighted by Crippen LogP contribution is 2.14. The summed E-state index contributed by atoms with van der Waals surface area (Å²) in [6.45, 7) is 8.08. The highest BCUT2D eigenvalue weighted by atomic mass is 16.5. The number of phenols is 1. The summed E-state index contributed by atoms with van der Waals surface area (Å²) in [6, 6.07) is 5.62. The third-order valence-corrected chi connectivity index (χ3v) is 5.10. The molecule has 0 radical (unpaired) electrons. The van der Waals surface area contributed by atoms with Crippen molar-refractivity contribution in [1.29, 1.82) is 5.41 Å². The number of hydrogen-bond donors (Lipinski definition) is 5. The molecule has 0 aliphatic carbocycles. The lowest BCUT2D eigenvalue weighted by molar-refractivity contribution is 0.288. The number of aromatic hydroxyl groups is 1. The van der Waals surface area contributed by atoms with Gasteiger partial charge in [-0.25, -0.2) is 4.99 Å². The van der Waals surface area contributed by atoms with Gasteiger partial charge in [0.1, 0.15) is 11.6 Å². The van der Waals surface area contributed by atoms with E-state index in [1.54, 1.807) is 37.5 Å². The number of hydrogen-bond acceptors (Lipinski definition) is 7. The van der Waals surface area contributed by atoms with Crippen molar-refractivity contribution >= 4 is 23.6 Å². The van der Waals surface area contributed by atoms with Gasteiger partial charge in [0.05, 0.1) is 19.1 Å². The highest BCUT2D eigenvalue weighted by molar-refractivity contribution is 5.92. The minimum absolute atomic E-state index is 0.0553. The summed E-state index contributed by atoms with van der Waals surface area (Å²) in [5, 5.41) is 26.8. The molecule has 1 saturated heterocycles. The van der Waals surface area contributed by atoms with Gasteiger partial charge in [0.25, 0.3) is 0 Å². The number of likely N-dealkylation sites (tertiary alicyclic amines) is 1. The molecule has 166 valence electrons. The molecule has 6 N–H and O–H groups in total. The lowest BCUT2D eigenvalue weighted by Gasteiger charge is -2.26. The van der Waals surface area contributed by atoms with Crippen LogP contribution in [-0.2, 0) is 4.74 Å². The Bertz CT molecular complexity index is 1050. The second-order valence-electron chi connectivity index (χ2n) is 8.73. The van der Waals surface area contributed by atoms with E-state index in [1.807, 2.05) is 11.0 Å². The van der Waals surface area contributed by atoms with Crippen molar-refractivity contribution in [1.82, 2.24) is 15.5 Å². The van der Waals surface area contributed by atoms with Crippen LogP contribution in [0.3, 0.4) is 0 Å². The Morgan fingerprint density at radius 1 is 1.39 bits per heavy atom. The average molecular weight is 425 g/mol. The maximum atomic E-state index is 10.5. The zero-order chi connectivity index (χ0) is 22.6. The topological polar surface area (TPSA) is 119 Å². The van der Waals surface area contributed by atoms with Crippen molar-refractivity contribution in [2.24, 2.45) is 10.7 Å². The van der Waals surface area contributed by atoms with E-state index < -0.39 is 0 Å². The SMILES string of the molecule is COC1=CC(=c2ccc(=C(N)C=CC(=N)N3CCC(NC(C)(C)C)C3)c(O)c2)NC=N1. The quantitative estimate of drug-likeness (QED) is 0.358. The molecule has 1 aromatic carbocycles. The first-order valence-corrected chi connectivity index (χ1v) is 10.3. The molecule has 1 fully saturated rings. The first kappa shape index (κ1) is 22.4. The Labute approximate surface area is 183 Å². The number of amidine groups is 1. The van der Waals surface area contributed by atoms with Gasteiger partial charge in [-0.15, -0.1) is 0 Å². The Hall–Kier alpha value is -3.26. The second kappa shape index (κ2) is 9.26. The molecule has 1 atom stereocenters. The van der Waals surface area contributed by atoms with Gasteiger partial charge in [-0.2, -0.15) is 0 Å². The minimum atomic E-state index is 0.0553. The summed E-state index contributed by atoms with van der Waals surface area (Å²) in [4.78, 5) is 6.08. The van der Waals surface area contributed by atoms with Crippen LogP contribution in [0.25, 0.3) is 11.4 Å². The van der Waals surface area contributed by atoms with Gasteiger partial charge in [-0.05, 0) is 51.5 Å². The van der Waals surface area contributed by atoms with Crippen LogP contribution >= 0.6 is 0 Å². The molecule has 0 saturated carbocycles. The summed E-state index contributed by atoms with van der Waals surface area (Å²) >= 11 is 0. The molecular weight excluding hydrogens is 392 g/mol. The van der Waals surface area contributed by atoms with Crippen LogP contribution in [0.4, 0.5) is 0 Å². The van der Waals surface area contributed by atoms with E-state index in [2.05, 4.69) is 36.4 Å². The van der Waals surface area contributed by atoms with E-state index >= 15 is 0 Å². The number of nitrogens with zero attached hydrogens (tertiary/aromatic N) is 2. The smallest absolute Gasteiger partial charge is 0.216 e.